The van der Waals surface area contributed by atoms with Crippen molar-refractivity contribution in [2.45, 2.75) is 19.3 Å². The van der Waals surface area contributed by atoms with E-state index in [2.05, 4.69) is 11.0 Å². The van der Waals surface area contributed by atoms with Gasteiger partial charge in [0.05, 0.1) is 48.6 Å². The van der Waals surface area contributed by atoms with E-state index in [9.17, 15) is 10.1 Å². The Hall–Kier alpha value is -3.63. The van der Waals surface area contributed by atoms with Gasteiger partial charge in [-0.1, -0.05) is 54.2 Å². The van der Waals surface area contributed by atoms with Crippen LogP contribution in [0.25, 0.3) is 10.8 Å². The van der Waals surface area contributed by atoms with Crippen molar-refractivity contribution in [2.75, 3.05) is 31.2 Å². The Kier molecular flexibility index (Phi) is 6.08. The molecule has 1 fully saturated rings. The van der Waals surface area contributed by atoms with Crippen LogP contribution in [0, 0.1) is 11.3 Å². The fraction of sp³-hybridized carbons (Fsp3) is 0.259. The van der Waals surface area contributed by atoms with Crippen LogP contribution in [0.15, 0.2) is 71.3 Å². The van der Waals surface area contributed by atoms with Gasteiger partial charge in [0.1, 0.15) is 11.5 Å². The Labute approximate surface area is 203 Å². The first-order valence-electron chi connectivity index (χ1n) is 11.3. The van der Waals surface area contributed by atoms with E-state index in [0.717, 1.165) is 32.8 Å². The van der Waals surface area contributed by atoms with Gasteiger partial charge in [0, 0.05) is 17.9 Å². The topological polar surface area (TPSA) is 65.8 Å². The molecule has 7 heteroatoms. The number of nitriles is 1. The Morgan fingerprint density at radius 3 is 2.68 bits per heavy atom. The molecule has 0 spiro atoms. The van der Waals surface area contributed by atoms with E-state index in [1.54, 1.807) is 12.0 Å². The molecule has 5 rings (SSSR count). The number of nitrogens with zero attached hydrogens (tertiary/aromatic N) is 3. The minimum absolute atomic E-state index is 0.0000725. The van der Waals surface area contributed by atoms with E-state index in [-0.39, 0.29) is 18.2 Å². The van der Waals surface area contributed by atoms with Crippen molar-refractivity contribution in [3.63, 3.8) is 0 Å². The van der Waals surface area contributed by atoms with Gasteiger partial charge in [-0.2, -0.15) is 5.26 Å². The lowest BCUT2D eigenvalue weighted by Crippen LogP contribution is -2.47. The summed E-state index contributed by atoms with van der Waals surface area (Å²) < 4.78 is 11.5. The van der Waals surface area contributed by atoms with Crippen molar-refractivity contribution in [1.29, 1.82) is 5.26 Å². The number of benzene rings is 3. The molecule has 2 heterocycles. The molecule has 0 saturated carbocycles. The molecule has 1 atom stereocenters. The molecule has 34 heavy (non-hydrogen) atoms. The van der Waals surface area contributed by atoms with Crippen molar-refractivity contribution in [2.24, 2.45) is 0 Å². The lowest BCUT2D eigenvalue weighted by molar-refractivity contribution is -0.129. The Morgan fingerprint density at radius 1 is 1.09 bits per heavy atom. The number of thioether (sulfide) groups is 1. The standard InChI is InChI=1S/C27H25N3O3S/c1-3-33-23-11-7-6-10-22(23)29-16-30-25(31)14-20(21(15-28)27(30)34-17-29)26-19-9-5-4-8-18(19)12-13-24(26)32-2/h4-13,20H,3,14,16-17H2,1-2H3/t20-/m0/s1. The maximum Gasteiger partial charge on any atom is 0.229 e. The van der Waals surface area contributed by atoms with Crippen LogP contribution < -0.4 is 14.4 Å². The summed E-state index contributed by atoms with van der Waals surface area (Å²) in [4.78, 5) is 17.3. The highest BCUT2D eigenvalue weighted by Gasteiger charge is 2.40. The average Bonchev–Trinajstić information content (AvgIpc) is 2.88. The molecule has 0 bridgehead atoms. The lowest BCUT2D eigenvalue weighted by atomic mass is 9.83. The molecule has 0 aliphatic carbocycles. The van der Waals surface area contributed by atoms with Gasteiger partial charge in [-0.3, -0.25) is 9.69 Å². The number of carbonyl (C=O) groups is 1. The fourth-order valence-corrected chi connectivity index (χ4v) is 5.93. The molecular formula is C27H25N3O3S. The molecule has 6 nitrogen and oxygen atoms in total. The maximum atomic E-state index is 13.5. The third-order valence-corrected chi connectivity index (χ3v) is 7.45. The third-order valence-electron chi connectivity index (χ3n) is 6.30. The van der Waals surface area contributed by atoms with Gasteiger partial charge in [0.25, 0.3) is 0 Å². The van der Waals surface area contributed by atoms with Crippen molar-refractivity contribution >= 4 is 34.1 Å². The molecule has 3 aromatic rings. The molecule has 3 aromatic carbocycles. The molecule has 1 amide bonds. The number of anilines is 1. The van der Waals surface area contributed by atoms with Crippen molar-refractivity contribution in [3.05, 3.63) is 76.8 Å². The molecule has 0 unspecified atom stereocenters. The van der Waals surface area contributed by atoms with Crippen LogP contribution in [-0.2, 0) is 4.79 Å². The van der Waals surface area contributed by atoms with E-state index in [0.29, 0.717) is 30.5 Å². The summed E-state index contributed by atoms with van der Waals surface area (Å²) in [7, 11) is 1.63. The molecule has 0 aromatic heterocycles. The normalized spacial score (nSPS) is 18.0. The highest BCUT2D eigenvalue weighted by molar-refractivity contribution is 8.03. The van der Waals surface area contributed by atoms with Crippen LogP contribution in [0.1, 0.15) is 24.8 Å². The van der Waals surface area contributed by atoms with Gasteiger partial charge >= 0.3 is 0 Å². The number of rotatable bonds is 5. The SMILES string of the molecule is CCOc1ccccc1N1CSC2=C(C#N)[C@@H](c3c(OC)ccc4ccccc34)CC(=O)N2C1. The summed E-state index contributed by atoms with van der Waals surface area (Å²) in [6, 6.07) is 22.3. The second-order valence-electron chi connectivity index (χ2n) is 8.17. The molecule has 2 aliphatic rings. The highest BCUT2D eigenvalue weighted by atomic mass is 32.2. The highest BCUT2D eigenvalue weighted by Crippen LogP contribution is 2.47. The van der Waals surface area contributed by atoms with Crippen molar-refractivity contribution < 1.29 is 14.3 Å². The van der Waals surface area contributed by atoms with Gasteiger partial charge < -0.3 is 14.4 Å². The zero-order valence-corrected chi connectivity index (χ0v) is 20.0. The van der Waals surface area contributed by atoms with E-state index in [4.69, 9.17) is 9.47 Å². The molecule has 0 N–H and O–H groups in total. The molecule has 1 saturated heterocycles. The smallest absolute Gasteiger partial charge is 0.229 e. The summed E-state index contributed by atoms with van der Waals surface area (Å²) in [6.45, 7) is 2.91. The number of methoxy groups -OCH3 is 1. The van der Waals surface area contributed by atoms with Gasteiger partial charge in [0.2, 0.25) is 5.91 Å². The van der Waals surface area contributed by atoms with Crippen molar-refractivity contribution in [1.82, 2.24) is 4.90 Å². The maximum absolute atomic E-state index is 13.5. The summed E-state index contributed by atoms with van der Waals surface area (Å²) >= 11 is 1.52. The first kappa shape index (κ1) is 22.2. The van der Waals surface area contributed by atoms with Crippen LogP contribution in [0.3, 0.4) is 0 Å². The van der Waals surface area contributed by atoms with Gasteiger partial charge in [-0.05, 0) is 35.9 Å². The quantitative estimate of drug-likeness (QED) is 0.492. The van der Waals surface area contributed by atoms with E-state index >= 15 is 0 Å². The molecular weight excluding hydrogens is 446 g/mol. The van der Waals surface area contributed by atoms with E-state index in [1.165, 1.54) is 11.8 Å². The number of hydrogen-bond donors (Lipinski definition) is 0. The van der Waals surface area contributed by atoms with Crippen LogP contribution in [0.4, 0.5) is 5.69 Å². The third kappa shape index (κ3) is 3.74. The monoisotopic (exact) mass is 471 g/mol. The van der Waals surface area contributed by atoms with E-state index in [1.807, 2.05) is 67.6 Å². The van der Waals surface area contributed by atoms with Gasteiger partial charge in [-0.25, -0.2) is 0 Å². The summed E-state index contributed by atoms with van der Waals surface area (Å²) in [6.07, 6.45) is 0.221. The summed E-state index contributed by atoms with van der Waals surface area (Å²) in [5, 5.41) is 13.1. The minimum Gasteiger partial charge on any atom is -0.496 e. The molecule has 172 valence electrons. The largest absolute Gasteiger partial charge is 0.496 e. The average molecular weight is 472 g/mol. The Bertz CT molecular complexity index is 1330. The lowest BCUT2D eigenvalue weighted by Gasteiger charge is -2.42. The molecule has 0 radical (unpaired) electrons. The number of amides is 1. The predicted molar refractivity (Wildman–Crippen MR) is 135 cm³/mol. The number of carbonyl (C=O) groups excluding carboxylic acids is 1. The minimum atomic E-state index is -0.348. The molecule has 2 aliphatic heterocycles. The van der Waals surface area contributed by atoms with Crippen LogP contribution in [-0.4, -0.2) is 37.1 Å². The van der Waals surface area contributed by atoms with Crippen LogP contribution in [0.2, 0.25) is 0 Å². The number of para-hydroxylation sites is 2. The Morgan fingerprint density at radius 2 is 1.88 bits per heavy atom. The summed E-state index contributed by atoms with van der Waals surface area (Å²) in [5.74, 6) is 1.76. The zero-order chi connectivity index (χ0) is 23.7. The second-order valence-corrected chi connectivity index (χ2v) is 9.10. The first-order valence-corrected chi connectivity index (χ1v) is 12.2. The van der Waals surface area contributed by atoms with Crippen molar-refractivity contribution in [3.8, 4) is 17.6 Å². The number of ether oxygens (including phenoxy) is 2. The predicted octanol–water partition coefficient (Wildman–Crippen LogP) is 5.47. The first-order chi connectivity index (χ1) is 16.7. The number of fused-ring (bicyclic) bond motifs is 2. The Balaban J connectivity index is 1.56. The zero-order valence-electron chi connectivity index (χ0n) is 19.2. The second kappa shape index (κ2) is 9.32. The number of hydrogen-bond acceptors (Lipinski definition) is 6. The van der Waals surface area contributed by atoms with Crippen LogP contribution in [0.5, 0.6) is 11.5 Å². The summed E-state index contributed by atoms with van der Waals surface area (Å²) in [5.41, 5.74) is 2.47. The van der Waals surface area contributed by atoms with Gasteiger partial charge in [-0.15, -0.1) is 0 Å². The van der Waals surface area contributed by atoms with Gasteiger partial charge in [0.15, 0.2) is 0 Å². The number of allylic oxidation sites excluding steroid dienone is 1. The fourth-order valence-electron chi connectivity index (χ4n) is 4.77. The van der Waals surface area contributed by atoms with Crippen LogP contribution >= 0.6 is 11.8 Å². The van der Waals surface area contributed by atoms with E-state index < -0.39 is 0 Å².